The number of hydrogen-bond acceptors (Lipinski definition) is 5. The highest BCUT2D eigenvalue weighted by molar-refractivity contribution is 7.89. The van der Waals surface area contributed by atoms with Crippen LogP contribution in [0.3, 0.4) is 0 Å². The van der Waals surface area contributed by atoms with Crippen LogP contribution in [0.25, 0.3) is 5.57 Å². The lowest BCUT2D eigenvalue weighted by molar-refractivity contribution is -0.106. The van der Waals surface area contributed by atoms with Crippen LogP contribution in [-0.2, 0) is 23.2 Å². The van der Waals surface area contributed by atoms with Gasteiger partial charge < -0.3 is 9.84 Å². The summed E-state index contributed by atoms with van der Waals surface area (Å²) < 4.78 is 71.8. The molecule has 1 aromatic carbocycles. The van der Waals surface area contributed by atoms with Crippen LogP contribution in [0, 0.1) is 5.92 Å². The maximum Gasteiger partial charge on any atom is 0.404 e. The molecule has 2 aromatic rings. The molecule has 0 aliphatic heterocycles. The standard InChI is InChI=1S/C23H28F3N3O4S/c1-4-29-21(33-19-10-8-16(14-30)9-11-19)13-20(27-29)17-6-5-7-18(12-17)22(2,3)28-34(31,32)15-23(24,25)26/h5-6,8-13,18,28,30H,4,7,14-15H2,1-3H3. The maximum atomic E-state index is 12.6. The van der Waals surface area contributed by atoms with Crippen LogP contribution in [0.5, 0.6) is 11.6 Å². The summed E-state index contributed by atoms with van der Waals surface area (Å²) in [6.07, 6.45) is 1.15. The van der Waals surface area contributed by atoms with Crippen LogP contribution in [0.1, 0.15) is 38.4 Å². The van der Waals surface area contributed by atoms with Crippen LogP contribution in [-0.4, -0.2) is 40.8 Å². The molecule has 7 nitrogen and oxygen atoms in total. The van der Waals surface area contributed by atoms with Crippen molar-refractivity contribution in [1.29, 1.82) is 0 Å². The number of nitrogens with one attached hydrogen (secondary N) is 1. The lowest BCUT2D eigenvalue weighted by atomic mass is 9.81. The van der Waals surface area contributed by atoms with Gasteiger partial charge in [0.1, 0.15) is 5.75 Å². The molecule has 1 atom stereocenters. The van der Waals surface area contributed by atoms with Gasteiger partial charge in [-0.15, -0.1) is 0 Å². The summed E-state index contributed by atoms with van der Waals surface area (Å²) in [5, 5.41) is 13.7. The zero-order chi connectivity index (χ0) is 25.1. The molecule has 3 rings (SSSR count). The van der Waals surface area contributed by atoms with Gasteiger partial charge in [-0.1, -0.05) is 30.4 Å². The topological polar surface area (TPSA) is 93.5 Å². The first-order chi connectivity index (χ1) is 15.8. The molecule has 1 aromatic heterocycles. The van der Waals surface area contributed by atoms with Gasteiger partial charge in [0, 0.05) is 18.2 Å². The summed E-state index contributed by atoms with van der Waals surface area (Å²) >= 11 is 0. The normalized spacial score (nSPS) is 17.0. The van der Waals surface area contributed by atoms with Gasteiger partial charge in [0.05, 0.1) is 12.3 Å². The highest BCUT2D eigenvalue weighted by atomic mass is 32.2. The Morgan fingerprint density at radius 2 is 1.91 bits per heavy atom. The number of sulfonamides is 1. The number of alkyl halides is 3. The highest BCUT2D eigenvalue weighted by Gasteiger charge is 2.40. The van der Waals surface area contributed by atoms with Gasteiger partial charge in [-0.2, -0.15) is 18.3 Å². The molecule has 0 fully saturated rings. The summed E-state index contributed by atoms with van der Waals surface area (Å²) in [5.74, 6) is -1.25. The summed E-state index contributed by atoms with van der Waals surface area (Å²) in [6, 6.07) is 8.74. The molecule has 34 heavy (non-hydrogen) atoms. The number of nitrogens with zero attached hydrogens (tertiary/aromatic N) is 2. The molecule has 2 N–H and O–H groups in total. The van der Waals surface area contributed by atoms with Crippen molar-refractivity contribution in [2.75, 3.05) is 5.75 Å². The van der Waals surface area contributed by atoms with Crippen molar-refractivity contribution in [3.63, 3.8) is 0 Å². The van der Waals surface area contributed by atoms with Crippen molar-refractivity contribution in [2.24, 2.45) is 5.92 Å². The van der Waals surface area contributed by atoms with E-state index in [9.17, 15) is 26.7 Å². The molecular weight excluding hydrogens is 471 g/mol. The Bertz CT molecular complexity index is 1170. The van der Waals surface area contributed by atoms with Gasteiger partial charge in [-0.05, 0) is 56.4 Å². The van der Waals surface area contributed by atoms with E-state index in [1.165, 1.54) is 0 Å². The molecule has 1 heterocycles. The molecule has 1 aliphatic carbocycles. The van der Waals surface area contributed by atoms with Crippen LogP contribution in [0.15, 0.2) is 48.6 Å². The first-order valence-corrected chi connectivity index (χ1v) is 12.4. The van der Waals surface area contributed by atoms with E-state index in [1.807, 2.05) is 25.2 Å². The summed E-state index contributed by atoms with van der Waals surface area (Å²) in [4.78, 5) is 0. The quantitative estimate of drug-likeness (QED) is 0.533. The number of hydrogen-bond donors (Lipinski definition) is 2. The number of aliphatic hydroxyl groups excluding tert-OH is 1. The van der Waals surface area contributed by atoms with E-state index in [-0.39, 0.29) is 6.61 Å². The number of aromatic nitrogens is 2. The van der Waals surface area contributed by atoms with E-state index >= 15 is 0 Å². The van der Waals surface area contributed by atoms with E-state index in [2.05, 4.69) is 9.82 Å². The number of rotatable bonds is 9. The lowest BCUT2D eigenvalue weighted by Crippen LogP contribution is -2.50. The van der Waals surface area contributed by atoms with E-state index in [4.69, 9.17) is 4.74 Å². The first-order valence-electron chi connectivity index (χ1n) is 10.7. The van der Waals surface area contributed by atoms with Gasteiger partial charge >= 0.3 is 6.18 Å². The zero-order valence-electron chi connectivity index (χ0n) is 19.1. The summed E-state index contributed by atoms with van der Waals surface area (Å²) in [6.45, 7) is 5.50. The number of allylic oxidation sites excluding steroid dienone is 3. The van der Waals surface area contributed by atoms with Gasteiger partial charge in [0.25, 0.3) is 0 Å². The Morgan fingerprint density at radius 1 is 1.24 bits per heavy atom. The molecule has 0 radical (unpaired) electrons. The maximum absolute atomic E-state index is 12.6. The Balaban J connectivity index is 1.82. The molecule has 1 aliphatic rings. The fourth-order valence-corrected chi connectivity index (χ4v) is 5.17. The molecule has 0 bridgehead atoms. The van der Waals surface area contributed by atoms with Crippen LogP contribution < -0.4 is 9.46 Å². The predicted octanol–water partition coefficient (Wildman–Crippen LogP) is 4.41. The smallest absolute Gasteiger partial charge is 0.404 e. The van der Waals surface area contributed by atoms with Crippen molar-refractivity contribution in [2.45, 2.75) is 52.1 Å². The zero-order valence-corrected chi connectivity index (χ0v) is 19.9. The molecule has 0 saturated heterocycles. The average Bonchev–Trinajstić information content (AvgIpc) is 3.14. The lowest BCUT2D eigenvalue weighted by Gasteiger charge is -2.34. The Hall–Kier alpha value is -2.63. The number of halogens is 3. The molecule has 0 saturated carbocycles. The van der Waals surface area contributed by atoms with E-state index in [0.29, 0.717) is 35.9 Å². The summed E-state index contributed by atoms with van der Waals surface area (Å²) in [7, 11) is -4.56. The number of ether oxygens (including phenoxy) is 1. The Labute approximate surface area is 197 Å². The van der Waals surface area contributed by atoms with E-state index in [1.54, 1.807) is 48.9 Å². The van der Waals surface area contributed by atoms with Gasteiger partial charge in [0.2, 0.25) is 15.9 Å². The molecular formula is C23H28F3N3O4S. The Kier molecular flexibility index (Phi) is 7.59. The second-order valence-corrected chi connectivity index (χ2v) is 10.4. The highest BCUT2D eigenvalue weighted by Crippen LogP contribution is 2.34. The molecule has 0 spiro atoms. The van der Waals surface area contributed by atoms with Gasteiger partial charge in [-0.3, -0.25) is 0 Å². The fourth-order valence-electron chi connectivity index (χ4n) is 3.72. The van der Waals surface area contributed by atoms with Crippen molar-refractivity contribution in [3.05, 3.63) is 59.8 Å². The predicted molar refractivity (Wildman–Crippen MR) is 123 cm³/mol. The van der Waals surface area contributed by atoms with Crippen molar-refractivity contribution in [1.82, 2.24) is 14.5 Å². The molecule has 186 valence electrons. The third kappa shape index (κ3) is 6.71. The minimum absolute atomic E-state index is 0.0678. The summed E-state index contributed by atoms with van der Waals surface area (Å²) in [5.41, 5.74) is 0.918. The second kappa shape index (κ2) is 9.93. The molecule has 0 amide bonds. The third-order valence-electron chi connectivity index (χ3n) is 5.43. The largest absolute Gasteiger partial charge is 0.439 e. The number of benzene rings is 1. The second-order valence-electron chi connectivity index (χ2n) is 8.65. The monoisotopic (exact) mass is 499 g/mol. The SMILES string of the molecule is CCn1nc(C2=CC(C(C)(C)NS(=O)(=O)CC(F)(F)F)CC=C2)cc1Oc1ccc(CO)cc1. The van der Waals surface area contributed by atoms with Gasteiger partial charge in [0.15, 0.2) is 5.75 Å². The van der Waals surface area contributed by atoms with Crippen molar-refractivity contribution >= 4 is 15.6 Å². The van der Waals surface area contributed by atoms with Gasteiger partial charge in [-0.25, -0.2) is 17.8 Å². The van der Waals surface area contributed by atoms with E-state index in [0.717, 1.165) is 5.56 Å². The van der Waals surface area contributed by atoms with Crippen LogP contribution >= 0.6 is 0 Å². The minimum Gasteiger partial charge on any atom is -0.439 e. The molecule has 1 unspecified atom stereocenters. The third-order valence-corrected chi connectivity index (χ3v) is 6.98. The average molecular weight is 500 g/mol. The van der Waals surface area contributed by atoms with Crippen LogP contribution in [0.4, 0.5) is 13.2 Å². The van der Waals surface area contributed by atoms with Crippen molar-refractivity contribution < 1.29 is 31.4 Å². The minimum atomic E-state index is -4.82. The number of aryl methyl sites for hydroxylation is 1. The number of aliphatic hydroxyl groups is 1. The Morgan fingerprint density at radius 3 is 2.50 bits per heavy atom. The first kappa shape index (κ1) is 26.0. The van der Waals surface area contributed by atoms with E-state index < -0.39 is 33.4 Å². The van der Waals surface area contributed by atoms with Crippen LogP contribution in [0.2, 0.25) is 0 Å². The van der Waals surface area contributed by atoms with Crippen molar-refractivity contribution in [3.8, 4) is 11.6 Å². The molecule has 11 heteroatoms. The fraction of sp³-hybridized carbons (Fsp3) is 0.435.